The van der Waals surface area contributed by atoms with E-state index in [0.717, 1.165) is 0 Å². The molecule has 26 heteroatoms. The van der Waals surface area contributed by atoms with Crippen LogP contribution in [-0.4, -0.2) is 117 Å². The van der Waals surface area contributed by atoms with Gasteiger partial charge in [0, 0.05) is 0 Å². The Balaban J connectivity index is -0.0000000476. The Labute approximate surface area is 168 Å². The van der Waals surface area contributed by atoms with Gasteiger partial charge in [0.2, 0.25) is 0 Å². The molecule has 0 aromatic carbocycles. The molecule has 0 atom stereocenters. The topological polar surface area (TPSA) is 373 Å². The summed E-state index contributed by atoms with van der Waals surface area (Å²) in [5.41, 5.74) is 0. The molecular formula is H11NaO20S5. The predicted octanol–water partition coefficient (Wildman–Crippen LogP) is -3.91. The van der Waals surface area contributed by atoms with Crippen LogP contribution in [0.4, 0.5) is 0 Å². The Bertz CT molecular complexity index is 614. The Morgan fingerprint density at radius 2 is 0.269 bits per heavy atom. The molecule has 0 rings (SSSR count). The molecule has 0 saturated heterocycles. The minimum atomic E-state index is -4.67. The van der Waals surface area contributed by atoms with Gasteiger partial charge in [-0.25, -0.2) is 0 Å². The van der Waals surface area contributed by atoms with E-state index >= 15 is 0 Å². The maximum absolute atomic E-state index is 8.74. The summed E-state index contributed by atoms with van der Waals surface area (Å²) < 4.78 is 158. The van der Waals surface area contributed by atoms with Crippen molar-refractivity contribution in [1.29, 1.82) is 0 Å². The first-order valence-corrected chi connectivity index (χ1v) is 10.5. The molecule has 0 aliphatic carbocycles. The van der Waals surface area contributed by atoms with Gasteiger partial charge in [-0.15, -0.1) is 0 Å². The molecule has 0 aliphatic rings. The second kappa shape index (κ2) is 16.3. The van der Waals surface area contributed by atoms with E-state index in [0.29, 0.717) is 0 Å². The van der Waals surface area contributed by atoms with Crippen molar-refractivity contribution in [2.75, 3.05) is 0 Å². The number of hydrogen-bond acceptors (Lipinski definition) is 10. The van der Waals surface area contributed by atoms with Crippen LogP contribution in [0.5, 0.6) is 0 Å². The molecule has 20 nitrogen and oxygen atoms in total. The van der Waals surface area contributed by atoms with Crippen LogP contribution >= 0.6 is 0 Å². The maximum atomic E-state index is 8.74. The van der Waals surface area contributed by atoms with Gasteiger partial charge in [-0.05, 0) is 0 Å². The fourth-order valence-corrected chi connectivity index (χ4v) is 0. The van der Waals surface area contributed by atoms with Crippen LogP contribution in [0, 0.1) is 0 Å². The first-order chi connectivity index (χ1) is 10.0. The SMILES string of the molecule is O=S(=O)(O)O.O=S(=O)(O)O.O=S(=O)(O)O.O=S(=O)(O)O.O=S(=O)(O)O.[NaH]. The second-order valence-electron chi connectivity index (χ2n) is 2.24. The zero-order valence-electron chi connectivity index (χ0n) is 10.6. The Kier molecular flexibility index (Phi) is 25.7. The number of rotatable bonds is 0. The molecule has 0 bridgehead atoms. The summed E-state index contributed by atoms with van der Waals surface area (Å²) in [6.45, 7) is 0. The van der Waals surface area contributed by atoms with Gasteiger partial charge in [-0.2, -0.15) is 42.1 Å². The summed E-state index contributed by atoms with van der Waals surface area (Å²) in [7, 11) is -23.3. The van der Waals surface area contributed by atoms with Crippen LogP contribution in [-0.2, 0) is 52.0 Å². The van der Waals surface area contributed by atoms with Gasteiger partial charge >= 0.3 is 81.6 Å². The van der Waals surface area contributed by atoms with E-state index < -0.39 is 52.0 Å². The summed E-state index contributed by atoms with van der Waals surface area (Å²) in [6, 6.07) is 0. The fourth-order valence-electron chi connectivity index (χ4n) is 0. The van der Waals surface area contributed by atoms with E-state index in [-0.39, 0.29) is 29.6 Å². The molecule has 0 heterocycles. The van der Waals surface area contributed by atoms with Crippen molar-refractivity contribution in [1.82, 2.24) is 0 Å². The normalized spacial score (nSPS) is 11.2. The van der Waals surface area contributed by atoms with Crippen molar-refractivity contribution < 1.29 is 87.6 Å². The molecule has 0 aliphatic heterocycles. The molecule has 0 fully saturated rings. The van der Waals surface area contributed by atoms with Gasteiger partial charge in [-0.1, -0.05) is 0 Å². The van der Waals surface area contributed by atoms with Crippen molar-refractivity contribution in [3.63, 3.8) is 0 Å². The van der Waals surface area contributed by atoms with Gasteiger partial charge in [-0.3, -0.25) is 45.5 Å². The van der Waals surface area contributed by atoms with E-state index in [9.17, 15) is 0 Å². The van der Waals surface area contributed by atoms with E-state index in [1.54, 1.807) is 0 Å². The molecule has 0 radical (unpaired) electrons. The molecule has 0 saturated carbocycles. The third-order valence-corrected chi connectivity index (χ3v) is 0. The van der Waals surface area contributed by atoms with Crippen molar-refractivity contribution in [2.24, 2.45) is 0 Å². The summed E-state index contributed by atoms with van der Waals surface area (Å²) in [6.07, 6.45) is 0. The molecule has 0 unspecified atom stereocenters. The van der Waals surface area contributed by atoms with Gasteiger partial charge in [0.15, 0.2) is 0 Å². The van der Waals surface area contributed by atoms with Gasteiger partial charge < -0.3 is 0 Å². The molecule has 0 aromatic heterocycles. The average Bonchev–Trinajstić information content (AvgIpc) is 1.79. The Hall–Kier alpha value is 0.350. The predicted molar refractivity (Wildman–Crippen MR) is 78.0 cm³/mol. The summed E-state index contributed by atoms with van der Waals surface area (Å²) >= 11 is 0. The third kappa shape index (κ3) is 108000. The molecule has 162 valence electrons. The molecular weight excluding hydrogens is 503 g/mol. The molecule has 0 amide bonds. The monoisotopic (exact) mass is 514 g/mol. The van der Waals surface area contributed by atoms with Gasteiger partial charge in [0.1, 0.15) is 0 Å². The first kappa shape index (κ1) is 40.9. The average molecular weight is 514 g/mol. The van der Waals surface area contributed by atoms with Crippen LogP contribution in [0.3, 0.4) is 0 Å². The molecule has 26 heavy (non-hydrogen) atoms. The van der Waals surface area contributed by atoms with Crippen LogP contribution in [0.15, 0.2) is 0 Å². The van der Waals surface area contributed by atoms with Crippen molar-refractivity contribution in [3.8, 4) is 0 Å². The van der Waals surface area contributed by atoms with Crippen molar-refractivity contribution >= 4 is 81.6 Å². The van der Waals surface area contributed by atoms with Gasteiger partial charge in [0.05, 0.1) is 0 Å². The Morgan fingerprint density at radius 1 is 0.269 bits per heavy atom. The number of hydrogen-bond donors (Lipinski definition) is 10. The van der Waals surface area contributed by atoms with E-state index in [1.807, 2.05) is 0 Å². The quantitative estimate of drug-likeness (QED) is 0.109. The van der Waals surface area contributed by atoms with E-state index in [2.05, 4.69) is 0 Å². The third-order valence-electron chi connectivity index (χ3n) is 0. The summed E-state index contributed by atoms with van der Waals surface area (Å²) in [5, 5.41) is 0. The van der Waals surface area contributed by atoms with E-state index in [1.165, 1.54) is 0 Å². The first-order valence-electron chi connectivity index (χ1n) is 3.49. The fraction of sp³-hybridized carbons (Fsp3) is 0. The van der Waals surface area contributed by atoms with Gasteiger partial charge in [0.25, 0.3) is 0 Å². The van der Waals surface area contributed by atoms with Crippen LogP contribution in [0.2, 0.25) is 0 Å². The Morgan fingerprint density at radius 3 is 0.269 bits per heavy atom. The zero-order valence-corrected chi connectivity index (χ0v) is 14.7. The van der Waals surface area contributed by atoms with Crippen LogP contribution in [0.25, 0.3) is 0 Å². The second-order valence-corrected chi connectivity index (χ2v) is 6.72. The van der Waals surface area contributed by atoms with Crippen molar-refractivity contribution in [2.45, 2.75) is 0 Å². The summed E-state index contributed by atoms with van der Waals surface area (Å²) in [4.78, 5) is 0. The summed E-state index contributed by atoms with van der Waals surface area (Å²) in [5.74, 6) is 0. The minimum absolute atomic E-state index is 0. The van der Waals surface area contributed by atoms with Crippen LogP contribution < -0.4 is 0 Å². The van der Waals surface area contributed by atoms with Crippen LogP contribution in [0.1, 0.15) is 0 Å². The van der Waals surface area contributed by atoms with Crippen molar-refractivity contribution in [3.05, 3.63) is 0 Å². The molecule has 0 aromatic rings. The standard InChI is InChI=1S/Na.5H2O4S.H/c;5*1-5(2,3)4;/h;5*(H2,1,2,3,4);. The molecule has 10 N–H and O–H groups in total. The molecule has 0 spiro atoms. The van der Waals surface area contributed by atoms with E-state index in [4.69, 9.17) is 87.6 Å². The zero-order chi connectivity index (χ0) is 22.5.